The second kappa shape index (κ2) is 7.47. The molecule has 0 radical (unpaired) electrons. The molecule has 0 atom stereocenters. The zero-order chi connectivity index (χ0) is 20.4. The summed E-state index contributed by atoms with van der Waals surface area (Å²) < 4.78 is 5.76. The standard InChI is InChI=1S/C20H17N5O4/c1-12-2-4-13(5-3-12)9-21-14-6-7-17-16(8-14)18(26)24-19(23-17)25-11-15(10-22-25)29-20(27)28/h2-8,10-11,21H,9H2,1H3,(H,27,28)(H,23,24,26). The van der Waals surface area contributed by atoms with Crippen LogP contribution in [-0.4, -0.2) is 31.0 Å². The molecule has 0 aliphatic rings. The number of nitrogens with zero attached hydrogens (tertiary/aromatic N) is 3. The van der Waals surface area contributed by atoms with Crippen molar-refractivity contribution < 1.29 is 14.6 Å². The first-order valence-corrected chi connectivity index (χ1v) is 8.77. The van der Waals surface area contributed by atoms with E-state index in [2.05, 4.69) is 49.4 Å². The van der Waals surface area contributed by atoms with Gasteiger partial charge in [0.25, 0.3) is 5.56 Å². The third kappa shape index (κ3) is 4.08. The molecule has 29 heavy (non-hydrogen) atoms. The quantitative estimate of drug-likeness (QED) is 0.447. The van der Waals surface area contributed by atoms with Crippen molar-refractivity contribution in [3.8, 4) is 11.7 Å². The third-order valence-corrected chi connectivity index (χ3v) is 4.29. The number of hydrogen-bond donors (Lipinski definition) is 3. The lowest BCUT2D eigenvalue weighted by Crippen LogP contribution is -2.14. The highest BCUT2D eigenvalue weighted by atomic mass is 16.7. The van der Waals surface area contributed by atoms with E-state index in [4.69, 9.17) is 5.11 Å². The first-order valence-electron chi connectivity index (χ1n) is 8.77. The Bertz CT molecular complexity index is 1240. The number of rotatable bonds is 5. The molecule has 0 saturated heterocycles. The summed E-state index contributed by atoms with van der Waals surface area (Å²) in [6.45, 7) is 2.67. The maximum atomic E-state index is 12.5. The van der Waals surface area contributed by atoms with Gasteiger partial charge in [-0.15, -0.1) is 0 Å². The highest BCUT2D eigenvalue weighted by molar-refractivity contribution is 5.81. The molecule has 2 aromatic carbocycles. The van der Waals surface area contributed by atoms with Crippen LogP contribution < -0.4 is 15.6 Å². The van der Waals surface area contributed by atoms with Gasteiger partial charge in [0, 0.05) is 12.2 Å². The van der Waals surface area contributed by atoms with E-state index in [1.807, 2.05) is 13.0 Å². The molecule has 0 aliphatic carbocycles. The van der Waals surface area contributed by atoms with Crippen molar-refractivity contribution >= 4 is 22.7 Å². The van der Waals surface area contributed by atoms with E-state index in [1.165, 1.54) is 22.6 Å². The van der Waals surface area contributed by atoms with Crippen molar-refractivity contribution in [1.82, 2.24) is 19.7 Å². The largest absolute Gasteiger partial charge is 0.511 e. The van der Waals surface area contributed by atoms with E-state index in [0.717, 1.165) is 11.3 Å². The molecule has 3 N–H and O–H groups in total. The van der Waals surface area contributed by atoms with E-state index in [0.29, 0.717) is 17.4 Å². The van der Waals surface area contributed by atoms with Crippen LogP contribution in [0.2, 0.25) is 0 Å². The zero-order valence-corrected chi connectivity index (χ0v) is 15.4. The molecule has 0 fully saturated rings. The molecule has 146 valence electrons. The molecule has 2 aromatic heterocycles. The first-order chi connectivity index (χ1) is 14.0. The molecule has 4 aromatic rings. The van der Waals surface area contributed by atoms with Crippen molar-refractivity contribution in [1.29, 1.82) is 0 Å². The Balaban J connectivity index is 1.58. The van der Waals surface area contributed by atoms with Crippen LogP contribution in [-0.2, 0) is 6.54 Å². The number of aromatic nitrogens is 4. The van der Waals surface area contributed by atoms with Gasteiger partial charge in [0.1, 0.15) is 0 Å². The van der Waals surface area contributed by atoms with Gasteiger partial charge in [0.2, 0.25) is 5.95 Å². The number of aryl methyl sites for hydroxylation is 1. The topological polar surface area (TPSA) is 122 Å². The molecule has 4 rings (SSSR count). The van der Waals surface area contributed by atoms with E-state index in [9.17, 15) is 9.59 Å². The summed E-state index contributed by atoms with van der Waals surface area (Å²) in [6.07, 6.45) is 1.08. The summed E-state index contributed by atoms with van der Waals surface area (Å²) in [7, 11) is 0. The molecular weight excluding hydrogens is 374 g/mol. The monoisotopic (exact) mass is 391 g/mol. The van der Waals surface area contributed by atoms with E-state index >= 15 is 0 Å². The zero-order valence-electron chi connectivity index (χ0n) is 15.4. The Morgan fingerprint density at radius 3 is 2.79 bits per heavy atom. The Morgan fingerprint density at radius 1 is 1.24 bits per heavy atom. The summed E-state index contributed by atoms with van der Waals surface area (Å²) in [5.74, 6) is 0.180. The fourth-order valence-corrected chi connectivity index (χ4v) is 2.83. The Morgan fingerprint density at radius 2 is 2.03 bits per heavy atom. The smallest absolute Gasteiger partial charge is 0.449 e. The summed E-state index contributed by atoms with van der Waals surface area (Å²) in [6, 6.07) is 13.5. The number of carboxylic acid groups (broad SMARTS) is 1. The number of H-pyrrole nitrogens is 1. The van der Waals surface area contributed by atoms with Crippen molar-refractivity contribution in [2.24, 2.45) is 0 Å². The molecule has 2 heterocycles. The van der Waals surface area contributed by atoms with Crippen molar-refractivity contribution in [2.75, 3.05) is 5.32 Å². The minimum atomic E-state index is -1.45. The van der Waals surface area contributed by atoms with Gasteiger partial charge in [-0.3, -0.25) is 9.78 Å². The number of fused-ring (bicyclic) bond motifs is 1. The molecule has 9 nitrogen and oxygen atoms in total. The van der Waals surface area contributed by atoms with Gasteiger partial charge in [-0.2, -0.15) is 5.10 Å². The second-order valence-corrected chi connectivity index (χ2v) is 6.45. The van der Waals surface area contributed by atoms with Crippen LogP contribution in [0.1, 0.15) is 11.1 Å². The lowest BCUT2D eigenvalue weighted by atomic mass is 10.1. The SMILES string of the molecule is Cc1ccc(CNc2ccc3nc(-n4cc(OC(=O)O)cn4)[nH]c(=O)c3c2)cc1. The fraction of sp³-hybridized carbons (Fsp3) is 0.100. The Kier molecular flexibility index (Phi) is 4.70. The van der Waals surface area contributed by atoms with Gasteiger partial charge in [0.15, 0.2) is 5.75 Å². The number of ether oxygens (including phenoxy) is 1. The summed E-state index contributed by atoms with van der Waals surface area (Å²) in [5, 5.41) is 16.3. The summed E-state index contributed by atoms with van der Waals surface area (Å²) >= 11 is 0. The van der Waals surface area contributed by atoms with Gasteiger partial charge in [0.05, 0.1) is 23.3 Å². The number of nitrogens with one attached hydrogen (secondary N) is 2. The Labute approximate surface area is 164 Å². The van der Waals surface area contributed by atoms with Crippen LogP contribution >= 0.6 is 0 Å². The lowest BCUT2D eigenvalue weighted by molar-refractivity contribution is 0.144. The number of anilines is 1. The fourth-order valence-electron chi connectivity index (χ4n) is 2.83. The van der Waals surface area contributed by atoms with Gasteiger partial charge >= 0.3 is 6.16 Å². The van der Waals surface area contributed by atoms with Crippen LogP contribution in [0.4, 0.5) is 10.5 Å². The molecule has 0 aliphatic heterocycles. The molecule has 9 heteroatoms. The van der Waals surface area contributed by atoms with E-state index < -0.39 is 6.16 Å². The highest BCUT2D eigenvalue weighted by Crippen LogP contribution is 2.17. The minimum Gasteiger partial charge on any atom is -0.449 e. The van der Waals surface area contributed by atoms with Gasteiger partial charge in [-0.1, -0.05) is 29.8 Å². The molecule has 0 unspecified atom stereocenters. The first kappa shape index (κ1) is 18.2. The molecule has 0 bridgehead atoms. The van der Waals surface area contributed by atoms with Gasteiger partial charge < -0.3 is 15.2 Å². The van der Waals surface area contributed by atoms with Crippen LogP contribution in [0.3, 0.4) is 0 Å². The average Bonchev–Trinajstić information content (AvgIpc) is 3.15. The highest BCUT2D eigenvalue weighted by Gasteiger charge is 2.10. The third-order valence-electron chi connectivity index (χ3n) is 4.29. The summed E-state index contributed by atoms with van der Waals surface area (Å²) in [5.41, 5.74) is 3.29. The van der Waals surface area contributed by atoms with E-state index in [1.54, 1.807) is 12.1 Å². The number of benzene rings is 2. The molecule has 0 spiro atoms. The molecule has 0 amide bonds. The van der Waals surface area contributed by atoms with Crippen LogP contribution in [0.5, 0.6) is 5.75 Å². The van der Waals surface area contributed by atoms with Crippen LogP contribution in [0.15, 0.2) is 59.7 Å². The number of aromatic amines is 1. The van der Waals surface area contributed by atoms with Crippen LogP contribution in [0, 0.1) is 6.92 Å². The summed E-state index contributed by atoms with van der Waals surface area (Å²) in [4.78, 5) is 30.2. The van der Waals surface area contributed by atoms with Gasteiger partial charge in [-0.05, 0) is 30.7 Å². The predicted octanol–water partition coefficient (Wildman–Crippen LogP) is 3.09. The lowest BCUT2D eigenvalue weighted by Gasteiger charge is -2.08. The van der Waals surface area contributed by atoms with Crippen molar-refractivity contribution in [3.05, 3.63) is 76.3 Å². The maximum Gasteiger partial charge on any atom is 0.511 e. The number of hydrogen-bond acceptors (Lipinski definition) is 6. The molecule has 0 saturated carbocycles. The van der Waals surface area contributed by atoms with Gasteiger partial charge in [-0.25, -0.2) is 14.5 Å². The number of carbonyl (C=O) groups is 1. The maximum absolute atomic E-state index is 12.5. The van der Waals surface area contributed by atoms with Crippen molar-refractivity contribution in [3.63, 3.8) is 0 Å². The second-order valence-electron chi connectivity index (χ2n) is 6.45. The van der Waals surface area contributed by atoms with E-state index in [-0.39, 0.29) is 17.3 Å². The molecular formula is C20H17N5O4. The predicted molar refractivity (Wildman–Crippen MR) is 107 cm³/mol. The van der Waals surface area contributed by atoms with Crippen LogP contribution in [0.25, 0.3) is 16.9 Å². The Hall–Kier alpha value is -4.14. The minimum absolute atomic E-state index is 0.0240. The van der Waals surface area contributed by atoms with Crippen molar-refractivity contribution in [2.45, 2.75) is 13.5 Å². The normalized spacial score (nSPS) is 10.8. The average molecular weight is 391 g/mol.